The number of carboxylic acids is 1. The van der Waals surface area contributed by atoms with Crippen LogP contribution in [0.3, 0.4) is 0 Å². The molecule has 28 heavy (non-hydrogen) atoms. The highest BCUT2D eigenvalue weighted by Crippen LogP contribution is 2.23. The Morgan fingerprint density at radius 3 is 2.50 bits per heavy atom. The molecule has 144 valence electrons. The summed E-state index contributed by atoms with van der Waals surface area (Å²) in [7, 11) is 0. The second-order valence-electron chi connectivity index (χ2n) is 6.32. The van der Waals surface area contributed by atoms with Gasteiger partial charge in [0.05, 0.1) is 12.0 Å². The molecule has 0 spiro atoms. The number of rotatable bonds is 6. The van der Waals surface area contributed by atoms with Crippen molar-refractivity contribution in [3.63, 3.8) is 0 Å². The quantitative estimate of drug-likeness (QED) is 0.648. The van der Waals surface area contributed by atoms with Crippen LogP contribution in [0.5, 0.6) is 5.75 Å². The zero-order valence-corrected chi connectivity index (χ0v) is 15.4. The lowest BCUT2D eigenvalue weighted by Crippen LogP contribution is -2.42. The number of carbonyl (C=O) groups is 2. The number of nitrogens with one attached hydrogen (secondary N) is 1. The normalized spacial score (nSPS) is 11.8. The Bertz CT molecular complexity index is 1090. The number of aryl methyl sites for hydroxylation is 1. The van der Waals surface area contributed by atoms with Crippen LogP contribution in [0.15, 0.2) is 57.7 Å². The predicted octanol–water partition coefficient (Wildman–Crippen LogP) is 1.40. The minimum absolute atomic E-state index is 0.318. The number of hydrogen-bond acceptors (Lipinski definition) is 6. The van der Waals surface area contributed by atoms with E-state index < -0.39 is 30.2 Å². The van der Waals surface area contributed by atoms with Gasteiger partial charge in [0.1, 0.15) is 11.3 Å². The molecule has 0 unspecified atom stereocenters. The summed E-state index contributed by atoms with van der Waals surface area (Å²) < 4.78 is 10.7. The largest absolute Gasteiger partial charge is 0.548 e. The topological polar surface area (TPSA) is 109 Å². The second kappa shape index (κ2) is 7.96. The van der Waals surface area contributed by atoms with Gasteiger partial charge >= 0.3 is 5.63 Å². The summed E-state index contributed by atoms with van der Waals surface area (Å²) in [5, 5.41) is 14.5. The molecule has 0 aliphatic carbocycles. The first-order valence-electron chi connectivity index (χ1n) is 8.59. The number of amides is 1. The van der Waals surface area contributed by atoms with Crippen molar-refractivity contribution >= 4 is 22.8 Å². The zero-order valence-electron chi connectivity index (χ0n) is 15.4. The number of fused-ring (bicyclic) bond motifs is 1. The van der Waals surface area contributed by atoms with Gasteiger partial charge in [-0.1, -0.05) is 30.3 Å². The standard InChI is InChI=1S/C21H19NO6/c1-12-13(2)21(26)28-17-10-15(8-9-16(12)17)27-11-18(23)22-19(20(24)25)14-6-4-3-5-7-14/h3-10,19H,11H2,1-2H3,(H,22,23)(H,24,25)/p-1/t19-/m0/s1. The molecular formula is C21H18NO6-. The molecule has 1 heterocycles. The van der Waals surface area contributed by atoms with Crippen molar-refractivity contribution in [1.29, 1.82) is 0 Å². The molecule has 1 atom stereocenters. The van der Waals surface area contributed by atoms with Crippen LogP contribution < -0.4 is 20.8 Å². The van der Waals surface area contributed by atoms with Crippen molar-refractivity contribution in [3.05, 3.63) is 75.6 Å². The lowest BCUT2D eigenvalue weighted by atomic mass is 10.1. The highest BCUT2D eigenvalue weighted by molar-refractivity contribution is 5.85. The molecule has 1 amide bonds. The molecule has 1 N–H and O–H groups in total. The van der Waals surface area contributed by atoms with Gasteiger partial charge in [-0.2, -0.15) is 0 Å². The summed E-state index contributed by atoms with van der Waals surface area (Å²) in [4.78, 5) is 35.3. The minimum atomic E-state index is -1.42. The molecule has 3 rings (SSSR count). The van der Waals surface area contributed by atoms with E-state index in [2.05, 4.69) is 5.32 Å². The van der Waals surface area contributed by atoms with Crippen molar-refractivity contribution in [3.8, 4) is 5.75 Å². The SMILES string of the molecule is Cc1c(C)c2ccc(OCC(=O)N[C@H](C(=O)[O-])c3ccccc3)cc2oc1=O. The Morgan fingerprint density at radius 1 is 1.11 bits per heavy atom. The highest BCUT2D eigenvalue weighted by atomic mass is 16.5. The molecule has 0 saturated heterocycles. The lowest BCUT2D eigenvalue weighted by molar-refractivity contribution is -0.308. The number of hydrogen-bond donors (Lipinski definition) is 1. The first-order chi connectivity index (χ1) is 13.4. The van der Waals surface area contributed by atoms with Crippen molar-refractivity contribution in [2.45, 2.75) is 19.9 Å². The van der Waals surface area contributed by atoms with Crippen LogP contribution in [0.2, 0.25) is 0 Å². The van der Waals surface area contributed by atoms with Crippen LogP contribution in [-0.4, -0.2) is 18.5 Å². The molecule has 1 aromatic heterocycles. The van der Waals surface area contributed by atoms with E-state index in [9.17, 15) is 19.5 Å². The average molecular weight is 380 g/mol. The Hall–Kier alpha value is -3.61. The Kier molecular flexibility index (Phi) is 5.44. The molecule has 0 aliphatic heterocycles. The Balaban J connectivity index is 1.71. The maximum atomic E-state index is 12.1. The number of ether oxygens (including phenoxy) is 1. The van der Waals surface area contributed by atoms with Gasteiger partial charge in [-0.3, -0.25) is 4.79 Å². The van der Waals surface area contributed by atoms with E-state index in [-0.39, 0.29) is 0 Å². The summed E-state index contributed by atoms with van der Waals surface area (Å²) in [5.74, 6) is -1.73. The fourth-order valence-corrected chi connectivity index (χ4v) is 2.79. The molecule has 2 aromatic carbocycles. The molecule has 0 radical (unpaired) electrons. The number of carboxylic acid groups (broad SMARTS) is 1. The van der Waals surface area contributed by atoms with Gasteiger partial charge in [-0.05, 0) is 37.1 Å². The van der Waals surface area contributed by atoms with Gasteiger partial charge in [0.25, 0.3) is 5.91 Å². The maximum absolute atomic E-state index is 12.1. The number of carbonyl (C=O) groups excluding carboxylic acids is 2. The Labute approximate surface area is 160 Å². The minimum Gasteiger partial charge on any atom is -0.548 e. The van der Waals surface area contributed by atoms with Crippen LogP contribution in [0.4, 0.5) is 0 Å². The highest BCUT2D eigenvalue weighted by Gasteiger charge is 2.16. The van der Waals surface area contributed by atoms with E-state index in [1.165, 1.54) is 6.07 Å². The first-order valence-corrected chi connectivity index (χ1v) is 8.59. The molecular weight excluding hydrogens is 362 g/mol. The predicted molar refractivity (Wildman–Crippen MR) is 99.8 cm³/mol. The van der Waals surface area contributed by atoms with E-state index in [1.807, 2.05) is 6.92 Å². The van der Waals surface area contributed by atoms with E-state index in [0.29, 0.717) is 22.5 Å². The maximum Gasteiger partial charge on any atom is 0.339 e. The van der Waals surface area contributed by atoms with Crippen molar-refractivity contribution < 1.29 is 23.8 Å². The number of benzene rings is 2. The van der Waals surface area contributed by atoms with Gasteiger partial charge in [0.15, 0.2) is 6.61 Å². The third-order valence-electron chi connectivity index (χ3n) is 4.47. The van der Waals surface area contributed by atoms with Gasteiger partial charge in [-0.15, -0.1) is 0 Å². The van der Waals surface area contributed by atoms with Gasteiger partial charge in [0.2, 0.25) is 0 Å². The van der Waals surface area contributed by atoms with E-state index in [0.717, 1.165) is 10.9 Å². The van der Waals surface area contributed by atoms with Gasteiger partial charge < -0.3 is 24.4 Å². The van der Waals surface area contributed by atoms with Crippen LogP contribution in [-0.2, 0) is 9.59 Å². The van der Waals surface area contributed by atoms with Gasteiger partial charge in [-0.25, -0.2) is 4.79 Å². The monoisotopic (exact) mass is 380 g/mol. The molecule has 7 nitrogen and oxygen atoms in total. The summed E-state index contributed by atoms with van der Waals surface area (Å²) in [6.07, 6.45) is 0. The average Bonchev–Trinajstić information content (AvgIpc) is 2.69. The molecule has 7 heteroatoms. The smallest absolute Gasteiger partial charge is 0.339 e. The van der Waals surface area contributed by atoms with Crippen LogP contribution in [0.25, 0.3) is 11.0 Å². The summed E-state index contributed by atoms with van der Waals surface area (Å²) in [6.45, 7) is 3.11. The van der Waals surface area contributed by atoms with E-state index >= 15 is 0 Å². The molecule has 0 fully saturated rings. The lowest BCUT2D eigenvalue weighted by Gasteiger charge is -2.20. The fourth-order valence-electron chi connectivity index (χ4n) is 2.79. The van der Waals surface area contributed by atoms with Crippen LogP contribution >= 0.6 is 0 Å². The molecule has 3 aromatic rings. The van der Waals surface area contributed by atoms with Crippen molar-refractivity contribution in [1.82, 2.24) is 5.32 Å². The number of aliphatic carboxylic acids is 1. The summed E-state index contributed by atoms with van der Waals surface area (Å²) in [5.41, 5.74) is 1.67. The summed E-state index contributed by atoms with van der Waals surface area (Å²) >= 11 is 0. The molecule has 0 aliphatic rings. The first kappa shape index (κ1) is 19.2. The van der Waals surface area contributed by atoms with Crippen molar-refractivity contribution in [2.24, 2.45) is 0 Å². The second-order valence-corrected chi connectivity index (χ2v) is 6.32. The van der Waals surface area contributed by atoms with E-state index in [4.69, 9.17) is 9.15 Å². The van der Waals surface area contributed by atoms with Crippen LogP contribution in [0.1, 0.15) is 22.7 Å². The Morgan fingerprint density at radius 2 is 1.82 bits per heavy atom. The zero-order chi connectivity index (χ0) is 20.3. The summed E-state index contributed by atoms with van der Waals surface area (Å²) in [6, 6.07) is 11.9. The molecule has 0 bridgehead atoms. The molecule has 0 saturated carbocycles. The van der Waals surface area contributed by atoms with Crippen molar-refractivity contribution in [2.75, 3.05) is 6.61 Å². The third-order valence-corrected chi connectivity index (χ3v) is 4.47. The van der Waals surface area contributed by atoms with Gasteiger partial charge in [0, 0.05) is 17.0 Å². The van der Waals surface area contributed by atoms with Crippen LogP contribution in [0, 0.1) is 13.8 Å². The van der Waals surface area contributed by atoms with E-state index in [1.54, 1.807) is 49.4 Å². The fraction of sp³-hybridized carbons (Fsp3) is 0.190. The third kappa shape index (κ3) is 4.03.